The molecule has 0 saturated heterocycles. The van der Waals surface area contributed by atoms with Crippen LogP contribution in [0.25, 0.3) is 17.0 Å². The van der Waals surface area contributed by atoms with Gasteiger partial charge in [-0.25, -0.2) is 4.79 Å². The quantitative estimate of drug-likeness (QED) is 0.794. The molecule has 16 heavy (non-hydrogen) atoms. The van der Waals surface area contributed by atoms with Crippen molar-refractivity contribution in [3.05, 3.63) is 41.8 Å². The summed E-state index contributed by atoms with van der Waals surface area (Å²) in [5.74, 6) is -0.904. The molecule has 2 heterocycles. The molecule has 1 N–H and O–H groups in total. The standard InChI is InChI=1S/C12H9NO3/c14-12(15)9-2-1-3-11-10(9)6-8-4-5-16-7-13(8)11/h1-6H,7H2,(H,14,15). The molecule has 0 atom stereocenters. The Hall–Kier alpha value is -2.23. The van der Waals surface area contributed by atoms with Crippen LogP contribution in [-0.4, -0.2) is 15.6 Å². The smallest absolute Gasteiger partial charge is 0.336 e. The van der Waals surface area contributed by atoms with Crippen LogP contribution < -0.4 is 0 Å². The van der Waals surface area contributed by atoms with Gasteiger partial charge in [0.05, 0.1) is 17.3 Å². The summed E-state index contributed by atoms with van der Waals surface area (Å²) in [5, 5.41) is 9.84. The maximum absolute atomic E-state index is 11.1. The third-order valence-electron chi connectivity index (χ3n) is 2.75. The molecule has 4 heteroatoms. The highest BCUT2D eigenvalue weighted by Gasteiger charge is 2.15. The van der Waals surface area contributed by atoms with Crippen LogP contribution in [0.1, 0.15) is 16.1 Å². The van der Waals surface area contributed by atoms with Gasteiger partial charge in [-0.1, -0.05) is 6.07 Å². The Morgan fingerprint density at radius 3 is 3.12 bits per heavy atom. The van der Waals surface area contributed by atoms with Crippen LogP contribution in [0.15, 0.2) is 30.5 Å². The summed E-state index contributed by atoms with van der Waals surface area (Å²) in [6.45, 7) is 0.429. The van der Waals surface area contributed by atoms with Crippen molar-refractivity contribution < 1.29 is 14.6 Å². The van der Waals surface area contributed by atoms with Gasteiger partial charge in [-0.15, -0.1) is 0 Å². The molecule has 0 aliphatic carbocycles. The molecule has 2 aromatic rings. The number of rotatable bonds is 1. The van der Waals surface area contributed by atoms with Crippen LogP contribution in [0.4, 0.5) is 0 Å². The molecular weight excluding hydrogens is 206 g/mol. The van der Waals surface area contributed by atoms with Crippen LogP contribution in [0.3, 0.4) is 0 Å². The summed E-state index contributed by atoms with van der Waals surface area (Å²) in [6.07, 6.45) is 3.45. The molecule has 1 aliphatic rings. The topological polar surface area (TPSA) is 51.5 Å². The number of aromatic carboxylic acids is 1. The van der Waals surface area contributed by atoms with Gasteiger partial charge >= 0.3 is 5.97 Å². The highest BCUT2D eigenvalue weighted by Crippen LogP contribution is 2.26. The molecular formula is C12H9NO3. The molecule has 0 fully saturated rings. The number of nitrogens with zero attached hydrogens (tertiary/aromatic N) is 1. The fraction of sp³-hybridized carbons (Fsp3) is 0.0833. The first-order valence-corrected chi connectivity index (χ1v) is 4.91. The maximum Gasteiger partial charge on any atom is 0.336 e. The zero-order chi connectivity index (χ0) is 11.1. The first-order chi connectivity index (χ1) is 7.77. The maximum atomic E-state index is 11.1. The Morgan fingerprint density at radius 1 is 1.44 bits per heavy atom. The largest absolute Gasteiger partial charge is 0.480 e. The van der Waals surface area contributed by atoms with Gasteiger partial charge in [0.2, 0.25) is 0 Å². The number of carboxylic acids is 1. The summed E-state index contributed by atoms with van der Waals surface area (Å²) in [7, 11) is 0. The molecule has 1 aliphatic heterocycles. The highest BCUT2D eigenvalue weighted by molar-refractivity contribution is 6.03. The number of carbonyl (C=O) groups is 1. The van der Waals surface area contributed by atoms with Crippen molar-refractivity contribution in [1.82, 2.24) is 4.57 Å². The summed E-state index contributed by atoms with van der Waals surface area (Å²) >= 11 is 0. The van der Waals surface area contributed by atoms with E-state index in [0.717, 1.165) is 16.6 Å². The fourth-order valence-corrected chi connectivity index (χ4v) is 2.01. The first-order valence-electron chi connectivity index (χ1n) is 4.91. The Bertz CT molecular complexity index is 610. The van der Waals surface area contributed by atoms with Gasteiger partial charge in [0.1, 0.15) is 0 Å². The van der Waals surface area contributed by atoms with E-state index in [0.29, 0.717) is 12.3 Å². The Balaban J connectivity index is 2.38. The van der Waals surface area contributed by atoms with Gasteiger partial charge in [0, 0.05) is 11.1 Å². The third-order valence-corrected chi connectivity index (χ3v) is 2.75. The number of carboxylic acid groups (broad SMARTS) is 1. The first kappa shape index (κ1) is 9.03. The minimum absolute atomic E-state index is 0.327. The normalized spacial score (nSPS) is 13.5. The average Bonchev–Trinajstić information content (AvgIpc) is 2.67. The highest BCUT2D eigenvalue weighted by atomic mass is 16.5. The lowest BCUT2D eigenvalue weighted by molar-refractivity contribution is 0.0699. The minimum Gasteiger partial charge on any atom is -0.480 e. The van der Waals surface area contributed by atoms with E-state index in [4.69, 9.17) is 9.84 Å². The average molecular weight is 215 g/mol. The number of hydrogen-bond acceptors (Lipinski definition) is 2. The molecule has 0 bridgehead atoms. The Kier molecular flexibility index (Phi) is 1.77. The minimum atomic E-state index is -0.904. The fourth-order valence-electron chi connectivity index (χ4n) is 2.01. The Labute approximate surface area is 91.4 Å². The number of benzene rings is 1. The zero-order valence-corrected chi connectivity index (χ0v) is 8.38. The van der Waals surface area contributed by atoms with E-state index in [-0.39, 0.29) is 0 Å². The molecule has 0 amide bonds. The van der Waals surface area contributed by atoms with Gasteiger partial charge in [0.15, 0.2) is 6.73 Å². The number of aromatic nitrogens is 1. The predicted octanol–water partition coefficient (Wildman–Crippen LogP) is 2.30. The lowest BCUT2D eigenvalue weighted by Crippen LogP contribution is -2.04. The lowest BCUT2D eigenvalue weighted by Gasteiger charge is -2.11. The second-order valence-electron chi connectivity index (χ2n) is 3.64. The van der Waals surface area contributed by atoms with Crippen molar-refractivity contribution in [3.63, 3.8) is 0 Å². The van der Waals surface area contributed by atoms with Crippen molar-refractivity contribution >= 4 is 22.9 Å². The van der Waals surface area contributed by atoms with Gasteiger partial charge < -0.3 is 14.4 Å². The molecule has 80 valence electrons. The monoisotopic (exact) mass is 215 g/mol. The van der Waals surface area contributed by atoms with E-state index >= 15 is 0 Å². The molecule has 0 spiro atoms. The van der Waals surface area contributed by atoms with E-state index in [1.807, 2.05) is 22.8 Å². The Morgan fingerprint density at radius 2 is 2.31 bits per heavy atom. The van der Waals surface area contributed by atoms with Gasteiger partial charge in [0.25, 0.3) is 0 Å². The van der Waals surface area contributed by atoms with Crippen molar-refractivity contribution in [2.24, 2.45) is 0 Å². The van der Waals surface area contributed by atoms with Crippen LogP contribution in [0, 0.1) is 0 Å². The molecule has 4 nitrogen and oxygen atoms in total. The van der Waals surface area contributed by atoms with E-state index in [1.165, 1.54) is 0 Å². The van der Waals surface area contributed by atoms with Crippen LogP contribution in [0.5, 0.6) is 0 Å². The molecule has 3 rings (SSSR count). The second kappa shape index (κ2) is 3.13. The molecule has 0 radical (unpaired) electrons. The number of hydrogen-bond donors (Lipinski definition) is 1. The molecule has 0 unspecified atom stereocenters. The lowest BCUT2D eigenvalue weighted by atomic mass is 10.1. The van der Waals surface area contributed by atoms with E-state index in [9.17, 15) is 4.79 Å². The third kappa shape index (κ3) is 1.13. The van der Waals surface area contributed by atoms with Crippen LogP contribution in [-0.2, 0) is 11.5 Å². The van der Waals surface area contributed by atoms with Gasteiger partial charge in [-0.3, -0.25) is 0 Å². The summed E-state index contributed by atoms with van der Waals surface area (Å²) < 4.78 is 7.14. The van der Waals surface area contributed by atoms with E-state index in [1.54, 1.807) is 18.4 Å². The predicted molar refractivity (Wildman–Crippen MR) is 59.0 cm³/mol. The van der Waals surface area contributed by atoms with E-state index < -0.39 is 5.97 Å². The summed E-state index contributed by atoms with van der Waals surface area (Å²) in [4.78, 5) is 11.1. The zero-order valence-electron chi connectivity index (χ0n) is 8.38. The van der Waals surface area contributed by atoms with Crippen molar-refractivity contribution in [2.45, 2.75) is 6.73 Å². The van der Waals surface area contributed by atoms with Gasteiger partial charge in [-0.05, 0) is 24.3 Å². The van der Waals surface area contributed by atoms with Crippen molar-refractivity contribution in [1.29, 1.82) is 0 Å². The second-order valence-corrected chi connectivity index (χ2v) is 3.64. The number of ether oxygens (including phenoxy) is 1. The van der Waals surface area contributed by atoms with Crippen LogP contribution in [0.2, 0.25) is 0 Å². The van der Waals surface area contributed by atoms with Gasteiger partial charge in [-0.2, -0.15) is 0 Å². The van der Waals surface area contributed by atoms with Crippen molar-refractivity contribution in [2.75, 3.05) is 0 Å². The molecule has 0 saturated carbocycles. The molecule has 1 aromatic carbocycles. The van der Waals surface area contributed by atoms with Crippen LogP contribution >= 0.6 is 0 Å². The van der Waals surface area contributed by atoms with E-state index in [2.05, 4.69) is 0 Å². The summed E-state index contributed by atoms with van der Waals surface area (Å²) in [6, 6.07) is 7.13. The SMILES string of the molecule is O=C(O)c1cccc2c1cc1n2COC=C1. The number of fused-ring (bicyclic) bond motifs is 3. The molecule has 1 aromatic heterocycles. The van der Waals surface area contributed by atoms with Crippen molar-refractivity contribution in [3.8, 4) is 0 Å². The summed E-state index contributed by atoms with van der Waals surface area (Å²) in [5.41, 5.74) is 2.18.